The summed E-state index contributed by atoms with van der Waals surface area (Å²) in [5.74, 6) is 0.869. The molecule has 10 heteroatoms. The van der Waals surface area contributed by atoms with Crippen LogP contribution in [-0.2, 0) is 4.74 Å². The monoisotopic (exact) mass is 442 g/mol. The smallest absolute Gasteiger partial charge is 0.416 e. The first-order valence-electron chi connectivity index (χ1n) is 10.4. The summed E-state index contributed by atoms with van der Waals surface area (Å²) in [6.07, 6.45) is 4.98. The van der Waals surface area contributed by atoms with Gasteiger partial charge in [-0.1, -0.05) is 23.5 Å². The van der Waals surface area contributed by atoms with Crippen molar-refractivity contribution in [2.75, 3.05) is 23.3 Å². The number of aryl methyl sites for hydroxylation is 1. The maximum atomic E-state index is 13.9. The average molecular weight is 443 g/mol. The van der Waals surface area contributed by atoms with Crippen LogP contribution in [0.5, 0.6) is 0 Å². The summed E-state index contributed by atoms with van der Waals surface area (Å²) in [7, 11) is 0. The van der Waals surface area contributed by atoms with Gasteiger partial charge in [-0.15, -0.1) is 10.2 Å². The number of amides is 1. The molecule has 0 unspecified atom stereocenters. The minimum absolute atomic E-state index is 0.307. The van der Waals surface area contributed by atoms with E-state index in [0.717, 1.165) is 37.2 Å². The van der Waals surface area contributed by atoms with Crippen LogP contribution in [0, 0.1) is 18.7 Å². The lowest BCUT2D eigenvalue weighted by molar-refractivity contribution is 0.0148. The Morgan fingerprint density at radius 1 is 1.26 bits per heavy atom. The van der Waals surface area contributed by atoms with E-state index in [-0.39, 0.29) is 11.9 Å². The van der Waals surface area contributed by atoms with Crippen LogP contribution in [0.2, 0.25) is 0 Å². The van der Waals surface area contributed by atoms with E-state index in [9.17, 15) is 9.18 Å². The van der Waals surface area contributed by atoms with Gasteiger partial charge in [0.15, 0.2) is 0 Å². The van der Waals surface area contributed by atoms with Gasteiger partial charge in [0.05, 0.1) is 6.54 Å². The molecule has 3 aromatic rings. The molecule has 1 saturated heterocycles. The van der Waals surface area contributed by atoms with Gasteiger partial charge in [-0.3, -0.25) is 0 Å². The van der Waals surface area contributed by atoms with Crippen LogP contribution >= 0.6 is 11.3 Å². The van der Waals surface area contributed by atoms with E-state index in [0.29, 0.717) is 29.1 Å². The molecule has 1 aliphatic carbocycles. The fourth-order valence-corrected chi connectivity index (χ4v) is 4.95. The molecule has 1 spiro atoms. The SMILES string of the molecule is Cc1nnc(N2CC3(CCC(CNc4ccn(-c5ccccc5F)n4)CC3)OC2=O)s1. The lowest BCUT2D eigenvalue weighted by atomic mass is 9.78. The molecule has 2 aliphatic rings. The van der Waals surface area contributed by atoms with Crippen LogP contribution in [0.1, 0.15) is 30.7 Å². The molecule has 1 saturated carbocycles. The molecule has 0 atom stereocenters. The number of aromatic nitrogens is 4. The average Bonchev–Trinajstić information content (AvgIpc) is 3.48. The summed E-state index contributed by atoms with van der Waals surface area (Å²) < 4.78 is 21.3. The topological polar surface area (TPSA) is 85.2 Å². The van der Waals surface area contributed by atoms with Crippen molar-refractivity contribution in [3.63, 3.8) is 0 Å². The number of halogens is 1. The summed E-state index contributed by atoms with van der Waals surface area (Å²) in [6.45, 7) is 3.18. The van der Waals surface area contributed by atoms with Gasteiger partial charge in [0.25, 0.3) is 0 Å². The summed E-state index contributed by atoms with van der Waals surface area (Å²) in [6, 6.07) is 8.41. The van der Waals surface area contributed by atoms with Crippen LogP contribution in [0.25, 0.3) is 5.69 Å². The van der Waals surface area contributed by atoms with Crippen LogP contribution in [-0.4, -0.2) is 44.8 Å². The van der Waals surface area contributed by atoms with Crippen LogP contribution < -0.4 is 10.2 Å². The largest absolute Gasteiger partial charge is 0.441 e. The Hall–Kier alpha value is -3.01. The number of nitrogens with zero attached hydrogens (tertiary/aromatic N) is 5. The van der Waals surface area contributed by atoms with Crippen LogP contribution in [0.3, 0.4) is 0 Å². The lowest BCUT2D eigenvalue weighted by Crippen LogP contribution is -2.39. The minimum Gasteiger partial charge on any atom is -0.441 e. The second-order valence-electron chi connectivity index (χ2n) is 8.16. The maximum absolute atomic E-state index is 13.9. The Balaban J connectivity index is 1.15. The van der Waals surface area contributed by atoms with Crippen molar-refractivity contribution in [3.05, 3.63) is 47.4 Å². The lowest BCUT2D eigenvalue weighted by Gasteiger charge is -2.35. The molecule has 1 N–H and O–H groups in total. The maximum Gasteiger partial charge on any atom is 0.416 e. The third-order valence-electron chi connectivity index (χ3n) is 5.99. The second-order valence-corrected chi connectivity index (χ2v) is 9.32. The molecule has 1 aromatic carbocycles. The van der Waals surface area contributed by atoms with Crippen LogP contribution in [0.15, 0.2) is 36.5 Å². The normalized spacial score (nSPS) is 23.4. The highest BCUT2D eigenvalue weighted by atomic mass is 32.1. The van der Waals surface area contributed by atoms with E-state index in [1.165, 1.54) is 22.1 Å². The van der Waals surface area contributed by atoms with Crippen molar-refractivity contribution < 1.29 is 13.9 Å². The quantitative estimate of drug-likeness (QED) is 0.638. The minimum atomic E-state index is -0.431. The third kappa shape index (κ3) is 3.99. The van der Waals surface area contributed by atoms with Crippen molar-refractivity contribution in [2.45, 2.75) is 38.2 Å². The third-order valence-corrected chi connectivity index (χ3v) is 6.86. The fraction of sp³-hybridized carbons (Fsp3) is 0.429. The van der Waals surface area contributed by atoms with Gasteiger partial charge in [-0.2, -0.15) is 5.10 Å². The Bertz CT molecular complexity index is 1090. The van der Waals surface area contributed by atoms with Gasteiger partial charge in [0.1, 0.15) is 27.9 Å². The molecule has 2 fully saturated rings. The van der Waals surface area contributed by atoms with Gasteiger partial charge in [-0.05, 0) is 50.7 Å². The Morgan fingerprint density at radius 2 is 2.06 bits per heavy atom. The number of nitrogens with one attached hydrogen (secondary N) is 1. The molecule has 5 rings (SSSR count). The van der Waals surface area contributed by atoms with E-state index in [2.05, 4.69) is 20.6 Å². The number of carbonyl (C=O) groups is 1. The number of hydrogen-bond acceptors (Lipinski definition) is 7. The Morgan fingerprint density at radius 3 is 2.81 bits per heavy atom. The molecule has 2 aromatic heterocycles. The van der Waals surface area contributed by atoms with Crippen molar-refractivity contribution in [3.8, 4) is 5.69 Å². The van der Waals surface area contributed by atoms with Gasteiger partial charge in [0.2, 0.25) is 5.13 Å². The van der Waals surface area contributed by atoms with E-state index in [4.69, 9.17) is 4.74 Å². The Labute approximate surface area is 183 Å². The number of benzene rings is 1. The number of rotatable bonds is 5. The molecule has 1 amide bonds. The highest BCUT2D eigenvalue weighted by Crippen LogP contribution is 2.41. The molecular weight excluding hydrogens is 419 g/mol. The molecule has 3 heterocycles. The second kappa shape index (κ2) is 7.92. The first-order valence-corrected chi connectivity index (χ1v) is 11.2. The first kappa shape index (κ1) is 19.9. The number of carbonyl (C=O) groups excluding carboxylic acids is 1. The van der Waals surface area contributed by atoms with Gasteiger partial charge >= 0.3 is 6.09 Å². The number of para-hydroxylation sites is 1. The van der Waals surface area contributed by atoms with Gasteiger partial charge in [-0.25, -0.2) is 18.8 Å². The fourth-order valence-electron chi connectivity index (χ4n) is 4.27. The number of hydrogen-bond donors (Lipinski definition) is 1. The summed E-state index contributed by atoms with van der Waals surface area (Å²) >= 11 is 1.40. The number of anilines is 2. The molecule has 1 aliphatic heterocycles. The van der Waals surface area contributed by atoms with Crippen LogP contribution in [0.4, 0.5) is 20.1 Å². The zero-order chi connectivity index (χ0) is 21.4. The molecule has 162 valence electrons. The first-order chi connectivity index (χ1) is 15.0. The van der Waals surface area contributed by atoms with Gasteiger partial charge < -0.3 is 10.1 Å². The van der Waals surface area contributed by atoms with E-state index in [1.54, 1.807) is 29.3 Å². The highest BCUT2D eigenvalue weighted by Gasteiger charge is 2.48. The van der Waals surface area contributed by atoms with Crippen molar-refractivity contribution in [1.29, 1.82) is 0 Å². The molecule has 8 nitrogen and oxygen atoms in total. The van der Waals surface area contributed by atoms with Crippen molar-refractivity contribution in [1.82, 2.24) is 20.0 Å². The molecule has 31 heavy (non-hydrogen) atoms. The Kier molecular flexibility index (Phi) is 5.09. The van der Waals surface area contributed by atoms with Crippen molar-refractivity contribution >= 4 is 28.4 Å². The van der Waals surface area contributed by atoms with E-state index in [1.807, 2.05) is 13.0 Å². The highest BCUT2D eigenvalue weighted by molar-refractivity contribution is 7.15. The number of ether oxygens (including phenoxy) is 1. The standard InChI is InChI=1S/C21H23FN6O2S/c1-14-24-25-19(31-14)27-13-21(30-20(27)29)9-6-15(7-10-21)12-23-18-8-11-28(26-18)17-5-3-2-4-16(17)22/h2-5,8,11,15H,6-7,9-10,12-13H2,1H3,(H,23,26). The molecular formula is C21H23FN6O2S. The molecule has 0 bridgehead atoms. The summed E-state index contributed by atoms with van der Waals surface area (Å²) in [5, 5.41) is 17.3. The molecule has 0 radical (unpaired) electrons. The van der Waals surface area contributed by atoms with E-state index < -0.39 is 5.60 Å². The summed E-state index contributed by atoms with van der Waals surface area (Å²) in [5.41, 5.74) is -0.00655. The van der Waals surface area contributed by atoms with Gasteiger partial charge in [0, 0.05) is 18.8 Å². The zero-order valence-electron chi connectivity index (χ0n) is 17.1. The predicted molar refractivity (Wildman–Crippen MR) is 115 cm³/mol. The zero-order valence-corrected chi connectivity index (χ0v) is 17.9. The van der Waals surface area contributed by atoms with Crippen molar-refractivity contribution in [2.24, 2.45) is 5.92 Å². The van der Waals surface area contributed by atoms with E-state index >= 15 is 0 Å². The summed E-state index contributed by atoms with van der Waals surface area (Å²) in [4.78, 5) is 14.0. The predicted octanol–water partition coefficient (Wildman–Crippen LogP) is 4.17.